The monoisotopic (exact) mass is 340 g/mol. The minimum absolute atomic E-state index is 0.0592. The lowest BCUT2D eigenvalue weighted by molar-refractivity contribution is 0.0995. The zero-order valence-electron chi connectivity index (χ0n) is 10.6. The van der Waals surface area contributed by atoms with Gasteiger partial charge in [0.2, 0.25) is 0 Å². The first-order valence-corrected chi connectivity index (χ1v) is 7.39. The van der Waals surface area contributed by atoms with Crippen LogP contribution in [0.1, 0.15) is 27.9 Å². The van der Waals surface area contributed by atoms with E-state index in [1.807, 2.05) is 25.1 Å². The normalized spacial score (nSPS) is 10.5. The van der Waals surface area contributed by atoms with Crippen LogP contribution in [0.15, 0.2) is 22.7 Å². The molecular formula is C13H13BrN2O2S. The van der Waals surface area contributed by atoms with Crippen LogP contribution in [0, 0.1) is 0 Å². The summed E-state index contributed by atoms with van der Waals surface area (Å²) in [6, 6.07) is 5.64. The zero-order chi connectivity index (χ0) is 13.8. The summed E-state index contributed by atoms with van der Waals surface area (Å²) >= 11 is 4.58. The fourth-order valence-electron chi connectivity index (χ4n) is 1.74. The molecule has 0 unspecified atom stereocenters. The Balaban J connectivity index is 2.17. The molecule has 0 amide bonds. The molecule has 0 atom stereocenters. The molecule has 0 bridgehead atoms. The molecule has 0 N–H and O–H groups in total. The molecule has 1 heterocycles. The summed E-state index contributed by atoms with van der Waals surface area (Å²) in [5, 5.41) is 3.96. The van der Waals surface area contributed by atoms with E-state index in [1.54, 1.807) is 7.11 Å². The van der Waals surface area contributed by atoms with Gasteiger partial charge in [0.1, 0.15) is 10.6 Å². The number of carbonyl (C=O) groups excluding carboxylic acids is 1. The molecule has 2 rings (SSSR count). The van der Waals surface area contributed by atoms with Crippen molar-refractivity contribution in [2.45, 2.75) is 19.8 Å². The highest BCUT2D eigenvalue weighted by Crippen LogP contribution is 2.26. The van der Waals surface area contributed by atoms with E-state index >= 15 is 0 Å². The maximum Gasteiger partial charge on any atom is 0.180 e. The quantitative estimate of drug-likeness (QED) is 0.783. The largest absolute Gasteiger partial charge is 0.496 e. The molecule has 0 aliphatic heterocycles. The first kappa shape index (κ1) is 14.1. The minimum atomic E-state index is 0.0592. The summed E-state index contributed by atoms with van der Waals surface area (Å²) in [6.07, 6.45) is 1.07. The molecule has 6 heteroatoms. The fourth-order valence-corrected chi connectivity index (χ4v) is 3.01. The number of ketones is 1. The maximum atomic E-state index is 12.2. The minimum Gasteiger partial charge on any atom is -0.496 e. The van der Waals surface area contributed by atoms with E-state index in [2.05, 4.69) is 25.5 Å². The number of halogens is 1. The number of carbonyl (C=O) groups is 1. The first-order chi connectivity index (χ1) is 9.15. The van der Waals surface area contributed by atoms with E-state index in [4.69, 9.17) is 4.74 Å². The summed E-state index contributed by atoms with van der Waals surface area (Å²) in [4.78, 5) is 12.9. The number of Topliss-reactive ketones (excluding diaryl/α,β-unsaturated/α-hetero) is 1. The van der Waals surface area contributed by atoms with E-state index in [1.165, 1.54) is 11.5 Å². The molecular weight excluding hydrogens is 328 g/mol. The second-order valence-electron chi connectivity index (χ2n) is 3.97. The van der Waals surface area contributed by atoms with Crippen molar-refractivity contribution in [1.29, 1.82) is 0 Å². The van der Waals surface area contributed by atoms with Crippen molar-refractivity contribution >= 4 is 33.2 Å². The Morgan fingerprint density at radius 1 is 1.47 bits per heavy atom. The SMILES string of the molecule is CCc1nnsc1C(=O)Cc1ccc(OC)c(Br)c1. The topological polar surface area (TPSA) is 52.1 Å². The van der Waals surface area contributed by atoms with Gasteiger partial charge in [-0.1, -0.05) is 17.5 Å². The van der Waals surface area contributed by atoms with Crippen molar-refractivity contribution in [2.24, 2.45) is 0 Å². The summed E-state index contributed by atoms with van der Waals surface area (Å²) in [7, 11) is 1.61. The second-order valence-corrected chi connectivity index (χ2v) is 5.58. The predicted octanol–water partition coefficient (Wildman–Crippen LogP) is 3.30. The Labute approximate surface area is 124 Å². The molecule has 0 spiro atoms. The van der Waals surface area contributed by atoms with Crippen molar-refractivity contribution in [1.82, 2.24) is 9.59 Å². The molecule has 0 saturated heterocycles. The van der Waals surface area contributed by atoms with E-state index in [9.17, 15) is 4.79 Å². The molecule has 2 aromatic rings. The Kier molecular flexibility index (Phi) is 4.66. The highest BCUT2D eigenvalue weighted by atomic mass is 79.9. The van der Waals surface area contributed by atoms with Crippen molar-refractivity contribution in [3.05, 3.63) is 38.8 Å². The van der Waals surface area contributed by atoms with Crippen LogP contribution in [-0.2, 0) is 12.8 Å². The lowest BCUT2D eigenvalue weighted by Gasteiger charge is -2.05. The second kappa shape index (κ2) is 6.25. The third-order valence-electron chi connectivity index (χ3n) is 2.72. The van der Waals surface area contributed by atoms with Gasteiger partial charge < -0.3 is 4.74 Å². The summed E-state index contributed by atoms with van der Waals surface area (Å²) < 4.78 is 9.85. The number of hydrogen-bond acceptors (Lipinski definition) is 5. The van der Waals surface area contributed by atoms with Crippen molar-refractivity contribution in [3.63, 3.8) is 0 Å². The summed E-state index contributed by atoms with van der Waals surface area (Å²) in [5.41, 5.74) is 1.72. The van der Waals surface area contributed by atoms with Crippen LogP contribution in [0.2, 0.25) is 0 Å². The molecule has 0 fully saturated rings. The number of ether oxygens (including phenoxy) is 1. The van der Waals surface area contributed by atoms with Gasteiger partial charge in [0.15, 0.2) is 5.78 Å². The van der Waals surface area contributed by atoms with Gasteiger partial charge in [0, 0.05) is 6.42 Å². The van der Waals surface area contributed by atoms with Crippen molar-refractivity contribution in [3.8, 4) is 5.75 Å². The van der Waals surface area contributed by atoms with Crippen LogP contribution < -0.4 is 4.74 Å². The van der Waals surface area contributed by atoms with Crippen LogP contribution in [0.25, 0.3) is 0 Å². The summed E-state index contributed by atoms with van der Waals surface area (Å²) in [5.74, 6) is 0.814. The Bertz CT molecular complexity index is 598. The Hall–Kier alpha value is -1.27. The molecule has 4 nitrogen and oxygen atoms in total. The Morgan fingerprint density at radius 3 is 2.89 bits per heavy atom. The molecule has 0 aliphatic rings. The van der Waals surface area contributed by atoms with Crippen LogP contribution in [0.5, 0.6) is 5.75 Å². The van der Waals surface area contributed by atoms with Gasteiger partial charge >= 0.3 is 0 Å². The first-order valence-electron chi connectivity index (χ1n) is 5.82. The van der Waals surface area contributed by atoms with Gasteiger partial charge in [-0.15, -0.1) is 5.10 Å². The fraction of sp³-hybridized carbons (Fsp3) is 0.308. The predicted molar refractivity (Wildman–Crippen MR) is 78.0 cm³/mol. The molecule has 1 aromatic carbocycles. The highest BCUT2D eigenvalue weighted by Gasteiger charge is 2.15. The number of aromatic nitrogens is 2. The lowest BCUT2D eigenvalue weighted by atomic mass is 10.1. The molecule has 1 aromatic heterocycles. The van der Waals surface area contributed by atoms with E-state index in [-0.39, 0.29) is 5.78 Å². The smallest absolute Gasteiger partial charge is 0.180 e. The van der Waals surface area contributed by atoms with E-state index in [0.29, 0.717) is 11.3 Å². The van der Waals surface area contributed by atoms with E-state index in [0.717, 1.165) is 27.9 Å². The van der Waals surface area contributed by atoms with Crippen molar-refractivity contribution in [2.75, 3.05) is 7.11 Å². The lowest BCUT2D eigenvalue weighted by Crippen LogP contribution is -2.04. The third kappa shape index (κ3) is 3.19. The van der Waals surface area contributed by atoms with Crippen LogP contribution >= 0.6 is 27.5 Å². The number of methoxy groups -OCH3 is 1. The van der Waals surface area contributed by atoms with Gasteiger partial charge in [-0.2, -0.15) is 0 Å². The van der Waals surface area contributed by atoms with Crippen molar-refractivity contribution < 1.29 is 9.53 Å². The number of nitrogens with zero attached hydrogens (tertiary/aromatic N) is 2. The average Bonchev–Trinajstić information content (AvgIpc) is 2.87. The molecule has 100 valence electrons. The third-order valence-corrected chi connectivity index (χ3v) is 4.15. The van der Waals surface area contributed by atoms with Crippen LogP contribution in [-0.4, -0.2) is 22.5 Å². The average molecular weight is 341 g/mol. The standard InChI is InChI=1S/C13H13BrN2O2S/c1-3-10-13(19-16-15-10)11(17)7-8-4-5-12(18-2)9(14)6-8/h4-6H,3,7H2,1-2H3. The van der Waals surface area contributed by atoms with Gasteiger partial charge in [-0.3, -0.25) is 4.79 Å². The molecule has 19 heavy (non-hydrogen) atoms. The van der Waals surface area contributed by atoms with Gasteiger partial charge in [0.25, 0.3) is 0 Å². The van der Waals surface area contributed by atoms with Gasteiger partial charge in [0.05, 0.1) is 17.3 Å². The van der Waals surface area contributed by atoms with Crippen LogP contribution in [0.3, 0.4) is 0 Å². The number of hydrogen-bond donors (Lipinski definition) is 0. The molecule has 0 saturated carbocycles. The van der Waals surface area contributed by atoms with E-state index < -0.39 is 0 Å². The number of aryl methyl sites for hydroxylation is 1. The molecule has 0 aliphatic carbocycles. The number of rotatable bonds is 5. The Morgan fingerprint density at radius 2 is 2.26 bits per heavy atom. The van der Waals surface area contributed by atoms with Gasteiger partial charge in [-0.05, 0) is 51.6 Å². The maximum absolute atomic E-state index is 12.2. The summed E-state index contributed by atoms with van der Waals surface area (Å²) in [6.45, 7) is 1.97. The van der Waals surface area contributed by atoms with Gasteiger partial charge in [-0.25, -0.2) is 0 Å². The zero-order valence-corrected chi connectivity index (χ0v) is 13.0. The number of benzene rings is 1. The molecule has 0 radical (unpaired) electrons. The van der Waals surface area contributed by atoms with Crippen LogP contribution in [0.4, 0.5) is 0 Å². The highest BCUT2D eigenvalue weighted by molar-refractivity contribution is 9.10.